The number of nitrogens with zero attached hydrogens (tertiary/aromatic N) is 4. The van der Waals surface area contributed by atoms with E-state index >= 15 is 0 Å². The summed E-state index contributed by atoms with van der Waals surface area (Å²) in [6.07, 6.45) is 3.13. The van der Waals surface area contributed by atoms with E-state index in [9.17, 15) is 4.79 Å². The number of hydrogen-bond donors (Lipinski definition) is 1. The minimum Gasteiger partial charge on any atom is -0.356 e. The normalized spacial score (nSPS) is 24.7. The predicted octanol–water partition coefficient (Wildman–Crippen LogP) is 2.24. The van der Waals surface area contributed by atoms with Gasteiger partial charge in [-0.3, -0.25) is 14.7 Å². The molecule has 0 radical (unpaired) electrons. The van der Waals surface area contributed by atoms with Crippen LogP contribution in [0.25, 0.3) is 0 Å². The minimum atomic E-state index is 0. The summed E-state index contributed by atoms with van der Waals surface area (Å²) in [5, 5.41) is 3.51. The van der Waals surface area contributed by atoms with Crippen molar-refractivity contribution >= 4 is 35.8 Å². The van der Waals surface area contributed by atoms with Crippen LogP contribution >= 0.6 is 24.0 Å². The number of guanidine groups is 1. The van der Waals surface area contributed by atoms with E-state index in [1.54, 1.807) is 4.90 Å². The van der Waals surface area contributed by atoms with Gasteiger partial charge in [0.25, 0.3) is 0 Å². The quantitative estimate of drug-likeness (QED) is 0.285. The number of rotatable bonds is 5. The van der Waals surface area contributed by atoms with Gasteiger partial charge in [0.15, 0.2) is 5.96 Å². The Morgan fingerprint density at radius 1 is 1.27 bits per heavy atom. The first-order valence-corrected chi connectivity index (χ1v) is 9.55. The molecular formula is C19H38IN5O. The molecule has 1 atom stereocenters. The van der Waals surface area contributed by atoms with Crippen molar-refractivity contribution in [2.45, 2.75) is 58.5 Å². The first-order chi connectivity index (χ1) is 11.6. The molecule has 6 nitrogen and oxygen atoms in total. The SMILES string of the molecule is CN=C(NCCCN1CCCC1C(=O)N(C)C)N1CC(C)(C)C1(C)C.I. The van der Waals surface area contributed by atoms with Gasteiger partial charge in [-0.1, -0.05) is 13.8 Å². The van der Waals surface area contributed by atoms with Crippen LogP contribution in [0.3, 0.4) is 0 Å². The van der Waals surface area contributed by atoms with Gasteiger partial charge in [-0.25, -0.2) is 0 Å². The molecule has 0 bridgehead atoms. The summed E-state index contributed by atoms with van der Waals surface area (Å²) >= 11 is 0. The number of hydrogen-bond acceptors (Lipinski definition) is 3. The van der Waals surface area contributed by atoms with Gasteiger partial charge in [0, 0.05) is 51.7 Å². The largest absolute Gasteiger partial charge is 0.356 e. The summed E-state index contributed by atoms with van der Waals surface area (Å²) in [6.45, 7) is 13.1. The van der Waals surface area contributed by atoms with E-state index in [0.29, 0.717) is 5.41 Å². The number of amides is 1. The fourth-order valence-corrected chi connectivity index (χ4v) is 3.85. The summed E-state index contributed by atoms with van der Waals surface area (Å²) in [6, 6.07) is 0.0735. The highest BCUT2D eigenvalue weighted by atomic mass is 127. The molecule has 0 aromatic rings. The van der Waals surface area contributed by atoms with E-state index < -0.39 is 0 Å². The van der Waals surface area contributed by atoms with E-state index in [-0.39, 0.29) is 41.5 Å². The van der Waals surface area contributed by atoms with Gasteiger partial charge < -0.3 is 15.1 Å². The zero-order valence-electron chi connectivity index (χ0n) is 17.6. The Kier molecular flexibility index (Phi) is 8.20. The molecule has 0 spiro atoms. The topological polar surface area (TPSA) is 51.2 Å². The molecule has 0 saturated carbocycles. The third-order valence-corrected chi connectivity index (χ3v) is 6.35. The molecule has 7 heteroatoms. The molecule has 0 aromatic heterocycles. The lowest BCUT2D eigenvalue weighted by Gasteiger charge is -2.62. The van der Waals surface area contributed by atoms with E-state index in [1.807, 2.05) is 21.1 Å². The van der Waals surface area contributed by atoms with Crippen LogP contribution < -0.4 is 5.32 Å². The van der Waals surface area contributed by atoms with Crippen molar-refractivity contribution in [3.05, 3.63) is 0 Å². The summed E-state index contributed by atoms with van der Waals surface area (Å²) in [4.78, 5) is 23.1. The van der Waals surface area contributed by atoms with Gasteiger partial charge >= 0.3 is 0 Å². The lowest BCUT2D eigenvalue weighted by molar-refractivity contribution is -0.133. The molecule has 2 fully saturated rings. The Hall–Kier alpha value is -0.570. The fraction of sp³-hybridized carbons (Fsp3) is 0.895. The van der Waals surface area contributed by atoms with Gasteiger partial charge in [0.2, 0.25) is 5.91 Å². The Labute approximate surface area is 176 Å². The maximum absolute atomic E-state index is 12.3. The third kappa shape index (κ3) is 4.64. The van der Waals surface area contributed by atoms with Crippen LogP contribution in [0.1, 0.15) is 47.0 Å². The van der Waals surface area contributed by atoms with Gasteiger partial charge in [0.05, 0.1) is 6.04 Å². The highest BCUT2D eigenvalue weighted by Gasteiger charge is 2.53. The lowest BCUT2D eigenvalue weighted by atomic mass is 9.65. The molecule has 0 aliphatic carbocycles. The smallest absolute Gasteiger partial charge is 0.239 e. The Morgan fingerprint density at radius 2 is 1.92 bits per heavy atom. The predicted molar refractivity (Wildman–Crippen MR) is 119 cm³/mol. The maximum Gasteiger partial charge on any atom is 0.239 e. The number of likely N-dealkylation sites (tertiary alicyclic amines) is 2. The lowest BCUT2D eigenvalue weighted by Crippen LogP contribution is -2.72. The Bertz CT molecular complexity index is 518. The van der Waals surface area contributed by atoms with Crippen LogP contribution in [-0.2, 0) is 4.79 Å². The number of aliphatic imine (C=N–C) groups is 1. The second-order valence-corrected chi connectivity index (χ2v) is 8.78. The highest BCUT2D eigenvalue weighted by Crippen LogP contribution is 2.46. The monoisotopic (exact) mass is 479 g/mol. The number of carbonyl (C=O) groups is 1. The first kappa shape index (κ1) is 23.5. The summed E-state index contributed by atoms with van der Waals surface area (Å²) in [5.74, 6) is 1.23. The fourth-order valence-electron chi connectivity index (χ4n) is 3.85. The Morgan fingerprint density at radius 3 is 2.42 bits per heavy atom. The molecular weight excluding hydrogens is 441 g/mol. The van der Waals surface area contributed by atoms with Crippen LogP contribution in [0.2, 0.25) is 0 Å². The standard InChI is InChI=1S/C19H37N5O.HI/c1-18(2)14-24(19(18,3)4)17(20-5)21-11-9-13-23-12-8-10-15(23)16(25)22(6)7;/h15H,8-14H2,1-7H3,(H,20,21);1H. The van der Waals surface area contributed by atoms with Crippen molar-refractivity contribution in [2.24, 2.45) is 10.4 Å². The summed E-state index contributed by atoms with van der Waals surface area (Å²) < 4.78 is 0. The molecule has 2 aliphatic rings. The molecule has 2 heterocycles. The summed E-state index contributed by atoms with van der Waals surface area (Å²) in [5.41, 5.74) is 0.424. The molecule has 1 N–H and O–H groups in total. The van der Waals surface area contributed by atoms with E-state index in [1.165, 1.54) is 0 Å². The van der Waals surface area contributed by atoms with E-state index in [0.717, 1.165) is 51.4 Å². The van der Waals surface area contributed by atoms with Gasteiger partial charge in [0.1, 0.15) is 0 Å². The van der Waals surface area contributed by atoms with Crippen molar-refractivity contribution in [1.29, 1.82) is 0 Å². The maximum atomic E-state index is 12.3. The van der Waals surface area contributed by atoms with Crippen LogP contribution in [0.15, 0.2) is 4.99 Å². The molecule has 0 aromatic carbocycles. The van der Waals surface area contributed by atoms with Crippen LogP contribution in [-0.4, -0.2) is 85.5 Å². The van der Waals surface area contributed by atoms with E-state index in [2.05, 4.69) is 47.8 Å². The number of likely N-dealkylation sites (N-methyl/N-ethyl adjacent to an activating group) is 1. The Balaban J connectivity index is 0.00000338. The molecule has 1 amide bonds. The molecule has 2 aliphatic heterocycles. The van der Waals surface area contributed by atoms with Crippen molar-refractivity contribution in [2.75, 3.05) is 47.3 Å². The van der Waals surface area contributed by atoms with Gasteiger partial charge in [-0.15, -0.1) is 24.0 Å². The van der Waals surface area contributed by atoms with Crippen molar-refractivity contribution in [3.8, 4) is 0 Å². The average molecular weight is 479 g/mol. The second-order valence-electron chi connectivity index (χ2n) is 8.78. The van der Waals surface area contributed by atoms with E-state index in [4.69, 9.17) is 0 Å². The first-order valence-electron chi connectivity index (χ1n) is 9.55. The average Bonchev–Trinajstić information content (AvgIpc) is 3.00. The van der Waals surface area contributed by atoms with Crippen molar-refractivity contribution < 1.29 is 4.79 Å². The molecule has 2 rings (SSSR count). The van der Waals surface area contributed by atoms with Crippen LogP contribution in [0.4, 0.5) is 0 Å². The second kappa shape index (κ2) is 9.08. The number of halogens is 1. The third-order valence-electron chi connectivity index (χ3n) is 6.35. The zero-order chi connectivity index (χ0) is 18.8. The number of nitrogens with one attached hydrogen (secondary N) is 1. The molecule has 1 unspecified atom stereocenters. The van der Waals surface area contributed by atoms with Crippen LogP contribution in [0, 0.1) is 5.41 Å². The molecule has 26 heavy (non-hydrogen) atoms. The number of carbonyl (C=O) groups excluding carboxylic acids is 1. The van der Waals surface area contributed by atoms with Crippen molar-refractivity contribution in [3.63, 3.8) is 0 Å². The van der Waals surface area contributed by atoms with Gasteiger partial charge in [-0.2, -0.15) is 0 Å². The summed E-state index contributed by atoms with van der Waals surface area (Å²) in [7, 11) is 5.55. The van der Waals surface area contributed by atoms with Gasteiger partial charge in [-0.05, 0) is 39.7 Å². The van der Waals surface area contributed by atoms with Crippen molar-refractivity contribution in [1.82, 2.24) is 20.0 Å². The zero-order valence-corrected chi connectivity index (χ0v) is 20.0. The van der Waals surface area contributed by atoms with Crippen LogP contribution in [0.5, 0.6) is 0 Å². The highest BCUT2D eigenvalue weighted by molar-refractivity contribution is 14.0. The molecule has 152 valence electrons. The molecule has 2 saturated heterocycles. The minimum absolute atomic E-state index is 0.